The number of ether oxygens (including phenoxy) is 2. The summed E-state index contributed by atoms with van der Waals surface area (Å²) in [6.07, 6.45) is 0. The molecule has 0 aromatic heterocycles. The van der Waals surface area contributed by atoms with Gasteiger partial charge in [-0.3, -0.25) is 9.59 Å². The van der Waals surface area contributed by atoms with Crippen LogP contribution >= 0.6 is 0 Å². The fraction of sp³-hybridized carbons (Fsp3) is 0.125. The van der Waals surface area contributed by atoms with Gasteiger partial charge in [-0.1, -0.05) is 60.7 Å². The van der Waals surface area contributed by atoms with E-state index in [1.807, 2.05) is 48.5 Å². The van der Waals surface area contributed by atoms with Crippen LogP contribution in [0.1, 0.15) is 17.3 Å². The van der Waals surface area contributed by atoms with Crippen LogP contribution in [0.25, 0.3) is 11.1 Å². The highest BCUT2D eigenvalue weighted by Crippen LogP contribution is 2.29. The van der Waals surface area contributed by atoms with Crippen molar-refractivity contribution in [3.05, 3.63) is 84.4 Å². The summed E-state index contributed by atoms with van der Waals surface area (Å²) in [7, 11) is 0. The first kappa shape index (κ1) is 20.8. The Morgan fingerprint density at radius 1 is 0.833 bits per heavy atom. The molecule has 0 spiro atoms. The van der Waals surface area contributed by atoms with Gasteiger partial charge in [0.25, 0.3) is 5.91 Å². The molecule has 0 aliphatic rings. The smallest absolute Gasteiger partial charge is 0.344 e. The summed E-state index contributed by atoms with van der Waals surface area (Å²) in [6, 6.07) is 23.6. The van der Waals surface area contributed by atoms with Crippen molar-refractivity contribution in [2.24, 2.45) is 0 Å². The fourth-order valence-electron chi connectivity index (χ4n) is 2.79. The van der Waals surface area contributed by atoms with Crippen LogP contribution in [0.4, 0.5) is 5.69 Å². The molecule has 0 bridgehead atoms. The molecule has 152 valence electrons. The van der Waals surface area contributed by atoms with E-state index in [9.17, 15) is 14.4 Å². The molecule has 3 rings (SSSR count). The molecular weight excluding hydrogens is 382 g/mol. The Balaban J connectivity index is 1.51. The summed E-state index contributed by atoms with van der Waals surface area (Å²) in [4.78, 5) is 35.4. The maximum Gasteiger partial charge on any atom is 0.344 e. The molecule has 6 nitrogen and oxygen atoms in total. The molecule has 1 N–H and O–H groups in total. The maximum absolute atomic E-state index is 12.0. The molecule has 0 saturated heterocycles. The predicted molar refractivity (Wildman–Crippen MR) is 113 cm³/mol. The van der Waals surface area contributed by atoms with Crippen molar-refractivity contribution in [3.63, 3.8) is 0 Å². The van der Waals surface area contributed by atoms with E-state index in [2.05, 4.69) is 5.32 Å². The number of rotatable bonds is 8. The number of ketones is 1. The summed E-state index contributed by atoms with van der Waals surface area (Å²) in [6.45, 7) is 0.669. The highest BCUT2D eigenvalue weighted by atomic mass is 16.6. The number of nitrogens with one attached hydrogen (secondary N) is 1. The third-order valence-electron chi connectivity index (χ3n) is 4.23. The number of anilines is 1. The zero-order chi connectivity index (χ0) is 21.3. The van der Waals surface area contributed by atoms with Gasteiger partial charge in [-0.15, -0.1) is 0 Å². The standard InChI is InChI=1S/C24H21NO5/c1-17(26)19-10-7-11-20(14-19)25-23(27)15-30-24(28)16-29-22-13-6-5-12-21(22)18-8-3-2-4-9-18/h2-14H,15-16H2,1H3,(H,25,27). The van der Waals surface area contributed by atoms with Crippen molar-refractivity contribution in [1.82, 2.24) is 0 Å². The lowest BCUT2D eigenvalue weighted by Gasteiger charge is -2.11. The Labute approximate surface area is 174 Å². The molecule has 0 atom stereocenters. The second-order valence-corrected chi connectivity index (χ2v) is 6.50. The average Bonchev–Trinajstić information content (AvgIpc) is 2.77. The minimum absolute atomic E-state index is 0.106. The van der Waals surface area contributed by atoms with Gasteiger partial charge in [0, 0.05) is 16.8 Å². The molecule has 0 heterocycles. The SMILES string of the molecule is CC(=O)c1cccc(NC(=O)COC(=O)COc2ccccc2-c2ccccc2)c1. The van der Waals surface area contributed by atoms with Gasteiger partial charge >= 0.3 is 5.97 Å². The van der Waals surface area contributed by atoms with E-state index in [0.717, 1.165) is 11.1 Å². The Kier molecular flexibility index (Phi) is 6.95. The molecule has 0 radical (unpaired) electrons. The van der Waals surface area contributed by atoms with Crippen molar-refractivity contribution in [2.45, 2.75) is 6.92 Å². The average molecular weight is 403 g/mol. The van der Waals surface area contributed by atoms with Gasteiger partial charge in [-0.05, 0) is 30.7 Å². The van der Waals surface area contributed by atoms with E-state index < -0.39 is 18.5 Å². The van der Waals surface area contributed by atoms with Crippen molar-refractivity contribution in [1.29, 1.82) is 0 Å². The Hall–Kier alpha value is -3.93. The van der Waals surface area contributed by atoms with E-state index in [1.54, 1.807) is 30.3 Å². The number of Topliss-reactive ketones (excluding diaryl/α,β-unsaturated/α-hetero) is 1. The fourth-order valence-corrected chi connectivity index (χ4v) is 2.79. The Bertz CT molecular complexity index is 1050. The van der Waals surface area contributed by atoms with Gasteiger partial charge in [-0.25, -0.2) is 4.79 Å². The Morgan fingerprint density at radius 2 is 1.57 bits per heavy atom. The maximum atomic E-state index is 12.0. The van der Waals surface area contributed by atoms with E-state index in [4.69, 9.17) is 9.47 Å². The molecule has 0 aliphatic heterocycles. The van der Waals surface area contributed by atoms with Crippen LogP contribution in [0.2, 0.25) is 0 Å². The molecule has 0 saturated carbocycles. The summed E-state index contributed by atoms with van der Waals surface area (Å²) >= 11 is 0. The number of amides is 1. The number of para-hydroxylation sites is 1. The quantitative estimate of drug-likeness (QED) is 0.452. The number of esters is 1. The lowest BCUT2D eigenvalue weighted by Crippen LogP contribution is -2.23. The monoisotopic (exact) mass is 403 g/mol. The van der Waals surface area contributed by atoms with E-state index >= 15 is 0 Å². The van der Waals surface area contributed by atoms with Crippen LogP contribution in [0.5, 0.6) is 5.75 Å². The van der Waals surface area contributed by atoms with Gasteiger partial charge in [0.2, 0.25) is 0 Å². The molecule has 0 fully saturated rings. The summed E-state index contributed by atoms with van der Waals surface area (Å²) in [5.74, 6) is -0.726. The lowest BCUT2D eigenvalue weighted by molar-refractivity contribution is -0.149. The van der Waals surface area contributed by atoms with Crippen molar-refractivity contribution < 1.29 is 23.9 Å². The van der Waals surface area contributed by atoms with Crippen LogP contribution in [-0.2, 0) is 14.3 Å². The third kappa shape index (κ3) is 5.78. The van der Waals surface area contributed by atoms with Gasteiger partial charge in [-0.2, -0.15) is 0 Å². The van der Waals surface area contributed by atoms with Gasteiger partial charge in [0.15, 0.2) is 19.0 Å². The molecule has 0 aliphatic carbocycles. The first-order chi connectivity index (χ1) is 14.5. The molecule has 1 amide bonds. The number of hydrogen-bond acceptors (Lipinski definition) is 5. The second-order valence-electron chi connectivity index (χ2n) is 6.50. The third-order valence-corrected chi connectivity index (χ3v) is 4.23. The van der Waals surface area contributed by atoms with Crippen LogP contribution in [0.3, 0.4) is 0 Å². The van der Waals surface area contributed by atoms with E-state index in [0.29, 0.717) is 17.0 Å². The first-order valence-corrected chi connectivity index (χ1v) is 9.36. The van der Waals surface area contributed by atoms with Gasteiger partial charge in [0.05, 0.1) is 0 Å². The number of hydrogen-bond donors (Lipinski definition) is 1. The summed E-state index contributed by atoms with van der Waals surface area (Å²) in [5, 5.41) is 2.59. The van der Waals surface area contributed by atoms with Crippen LogP contribution in [0.15, 0.2) is 78.9 Å². The number of benzene rings is 3. The highest BCUT2D eigenvalue weighted by Gasteiger charge is 2.12. The first-order valence-electron chi connectivity index (χ1n) is 9.36. The molecule has 3 aromatic carbocycles. The molecule has 0 unspecified atom stereocenters. The van der Waals surface area contributed by atoms with Gasteiger partial charge < -0.3 is 14.8 Å². The van der Waals surface area contributed by atoms with E-state index in [-0.39, 0.29) is 12.4 Å². The molecule has 6 heteroatoms. The highest BCUT2D eigenvalue weighted by molar-refractivity contribution is 5.97. The number of carbonyl (C=O) groups is 3. The molecule has 3 aromatic rings. The zero-order valence-corrected chi connectivity index (χ0v) is 16.5. The summed E-state index contributed by atoms with van der Waals surface area (Å²) < 4.78 is 10.6. The largest absolute Gasteiger partial charge is 0.481 e. The van der Waals surface area contributed by atoms with Gasteiger partial charge in [0.1, 0.15) is 5.75 Å². The van der Waals surface area contributed by atoms with Crippen molar-refractivity contribution in [2.75, 3.05) is 18.5 Å². The minimum Gasteiger partial charge on any atom is -0.481 e. The minimum atomic E-state index is -0.662. The summed E-state index contributed by atoms with van der Waals surface area (Å²) in [5.41, 5.74) is 2.76. The normalized spacial score (nSPS) is 10.2. The van der Waals surface area contributed by atoms with Crippen LogP contribution in [-0.4, -0.2) is 30.9 Å². The number of carbonyl (C=O) groups excluding carboxylic acids is 3. The molecule has 30 heavy (non-hydrogen) atoms. The zero-order valence-electron chi connectivity index (χ0n) is 16.5. The topological polar surface area (TPSA) is 81.7 Å². The molecular formula is C24H21NO5. The van der Waals surface area contributed by atoms with E-state index in [1.165, 1.54) is 6.92 Å². The lowest BCUT2D eigenvalue weighted by atomic mass is 10.1. The van der Waals surface area contributed by atoms with Crippen molar-refractivity contribution >= 4 is 23.3 Å². The Morgan fingerprint density at radius 3 is 2.33 bits per heavy atom. The van der Waals surface area contributed by atoms with Crippen molar-refractivity contribution in [3.8, 4) is 16.9 Å². The van der Waals surface area contributed by atoms with Crippen LogP contribution < -0.4 is 10.1 Å². The predicted octanol–water partition coefficient (Wildman–Crippen LogP) is 4.12. The van der Waals surface area contributed by atoms with Crippen LogP contribution in [0, 0.1) is 0 Å². The second kappa shape index (κ2) is 10.0.